The summed E-state index contributed by atoms with van der Waals surface area (Å²) >= 11 is 0. The van der Waals surface area contributed by atoms with E-state index in [1.165, 1.54) is 51.4 Å². The first-order valence-electron chi connectivity index (χ1n) is 18.6. The monoisotopic (exact) mass is 701 g/mol. The molecule has 0 amide bonds. The predicted octanol–water partition coefficient (Wildman–Crippen LogP) is 8.80. The van der Waals surface area contributed by atoms with Crippen LogP contribution in [0.4, 0.5) is 0 Å². The smallest absolute Gasteiger partial charge is 0.462 e. The van der Waals surface area contributed by atoms with Crippen molar-refractivity contribution in [2.24, 2.45) is 5.73 Å². The average molecular weight is 702 g/mol. The summed E-state index contributed by atoms with van der Waals surface area (Å²) in [7, 11) is -4.39. The summed E-state index contributed by atoms with van der Waals surface area (Å²) in [6.45, 7) is 3.46. The van der Waals surface area contributed by atoms with Gasteiger partial charge in [-0.3, -0.25) is 18.6 Å². The second kappa shape index (κ2) is 33.7. The molecule has 0 rings (SSSR count). The van der Waals surface area contributed by atoms with Crippen molar-refractivity contribution in [3.63, 3.8) is 0 Å². The van der Waals surface area contributed by atoms with Gasteiger partial charge in [0.2, 0.25) is 0 Å². The number of ether oxygens (including phenoxy) is 2. The van der Waals surface area contributed by atoms with Gasteiger partial charge in [-0.25, -0.2) is 4.57 Å². The number of carbonyl (C=O) groups excluding carboxylic acids is 2. The summed E-state index contributed by atoms with van der Waals surface area (Å²) in [5.41, 5.74) is 5.32. The minimum absolute atomic E-state index is 0.0373. The van der Waals surface area contributed by atoms with E-state index in [0.717, 1.165) is 57.8 Å². The van der Waals surface area contributed by atoms with Gasteiger partial charge in [-0.1, -0.05) is 140 Å². The summed E-state index contributed by atoms with van der Waals surface area (Å²) in [5, 5.41) is 10.1. The van der Waals surface area contributed by atoms with Crippen molar-refractivity contribution in [2.75, 3.05) is 26.4 Å². The van der Waals surface area contributed by atoms with Gasteiger partial charge in [-0.05, 0) is 32.1 Å². The third kappa shape index (κ3) is 32.7. The standard InChI is InChI=1S/C37H68NO9P/c1-3-5-7-9-11-12-13-14-16-20-24-28-36(40)44-32-35(33-46-48(42,43)45-31-30-38)47-37(41)29-25-21-17-19-23-27-34(39)26-22-18-15-10-8-6-4-2/h6,8,15,18,22,26,34-35,39H,3-5,7,9-14,16-17,19-21,23-25,27-33,38H2,1-2H3,(H,42,43)/b8-6+,18-15+,26-22+/t34?,35-/m1/s1. The normalized spacial score (nSPS) is 14.5. The Labute approximate surface area is 291 Å². The van der Waals surface area contributed by atoms with Crippen molar-refractivity contribution in [1.82, 2.24) is 0 Å². The lowest BCUT2D eigenvalue weighted by molar-refractivity contribution is -0.161. The van der Waals surface area contributed by atoms with E-state index >= 15 is 0 Å². The molecule has 0 spiro atoms. The predicted molar refractivity (Wildman–Crippen MR) is 193 cm³/mol. The zero-order valence-electron chi connectivity index (χ0n) is 30.1. The fourth-order valence-corrected chi connectivity index (χ4v) is 5.64. The Morgan fingerprint density at radius 3 is 1.92 bits per heavy atom. The van der Waals surface area contributed by atoms with Crippen LogP contribution in [-0.4, -0.2) is 60.5 Å². The number of aliphatic hydroxyl groups excluding tert-OH is 1. The molecule has 10 nitrogen and oxygen atoms in total. The molecule has 0 saturated heterocycles. The van der Waals surface area contributed by atoms with Crippen molar-refractivity contribution < 1.29 is 42.7 Å². The summed E-state index contributed by atoms with van der Waals surface area (Å²) in [6, 6.07) is 0. The highest BCUT2D eigenvalue weighted by Crippen LogP contribution is 2.43. The van der Waals surface area contributed by atoms with Gasteiger partial charge < -0.3 is 25.2 Å². The number of hydrogen-bond acceptors (Lipinski definition) is 9. The summed E-state index contributed by atoms with van der Waals surface area (Å²) < 4.78 is 32.5. The van der Waals surface area contributed by atoms with Crippen LogP contribution in [0.15, 0.2) is 36.5 Å². The fraction of sp³-hybridized carbons (Fsp3) is 0.784. The lowest BCUT2D eigenvalue weighted by Crippen LogP contribution is -2.29. The first-order chi connectivity index (χ1) is 23.2. The Bertz CT molecular complexity index is 909. The molecule has 11 heteroatoms. The number of allylic oxidation sites excluding steroid dienone is 5. The zero-order valence-corrected chi connectivity index (χ0v) is 31.0. The number of rotatable bonds is 34. The Balaban J connectivity index is 4.34. The van der Waals surface area contributed by atoms with Crippen LogP contribution in [-0.2, 0) is 32.7 Å². The van der Waals surface area contributed by atoms with E-state index in [4.69, 9.17) is 24.3 Å². The third-order valence-electron chi connectivity index (χ3n) is 7.64. The molecular formula is C37H68NO9P. The van der Waals surface area contributed by atoms with E-state index in [0.29, 0.717) is 12.8 Å². The topological polar surface area (TPSA) is 155 Å². The van der Waals surface area contributed by atoms with Crippen LogP contribution in [0.25, 0.3) is 0 Å². The molecule has 0 saturated carbocycles. The maximum Gasteiger partial charge on any atom is 0.472 e. The molecule has 0 aliphatic rings. The molecular weight excluding hydrogens is 633 g/mol. The lowest BCUT2D eigenvalue weighted by atomic mass is 10.1. The number of carbonyl (C=O) groups is 2. The Hall–Kier alpha value is -1.81. The van der Waals surface area contributed by atoms with Gasteiger partial charge in [0.1, 0.15) is 6.61 Å². The molecule has 2 unspecified atom stereocenters. The average Bonchev–Trinajstić information content (AvgIpc) is 3.06. The van der Waals surface area contributed by atoms with Crippen LogP contribution in [0.5, 0.6) is 0 Å². The number of phosphoric acid groups is 1. The SMILES string of the molecule is CC/C=C/C/C=C/C=C/C(O)CCCCCCCC(=O)O[C@H](COC(=O)CCCCCCCCCCCCC)COP(=O)(O)OCCN. The number of unbranched alkanes of at least 4 members (excludes halogenated alkanes) is 14. The van der Waals surface area contributed by atoms with Gasteiger partial charge in [-0.2, -0.15) is 0 Å². The minimum atomic E-state index is -4.39. The van der Waals surface area contributed by atoms with Crippen LogP contribution < -0.4 is 5.73 Å². The van der Waals surface area contributed by atoms with E-state index in [9.17, 15) is 24.2 Å². The number of aliphatic hydroxyl groups is 1. The highest BCUT2D eigenvalue weighted by atomic mass is 31.2. The Morgan fingerprint density at radius 1 is 0.729 bits per heavy atom. The Kier molecular flexibility index (Phi) is 32.4. The molecule has 0 aromatic carbocycles. The van der Waals surface area contributed by atoms with Crippen LogP contribution in [0.3, 0.4) is 0 Å². The van der Waals surface area contributed by atoms with Crippen molar-refractivity contribution in [3.8, 4) is 0 Å². The molecule has 0 aromatic rings. The number of phosphoric ester groups is 1. The van der Waals surface area contributed by atoms with Gasteiger partial charge >= 0.3 is 19.8 Å². The van der Waals surface area contributed by atoms with Crippen molar-refractivity contribution in [3.05, 3.63) is 36.5 Å². The molecule has 0 radical (unpaired) electrons. The van der Waals surface area contributed by atoms with E-state index in [-0.39, 0.29) is 32.6 Å². The fourth-order valence-electron chi connectivity index (χ4n) is 4.88. The Morgan fingerprint density at radius 2 is 1.31 bits per heavy atom. The molecule has 280 valence electrons. The van der Waals surface area contributed by atoms with Crippen LogP contribution in [0, 0.1) is 0 Å². The highest BCUT2D eigenvalue weighted by Gasteiger charge is 2.26. The first-order valence-corrected chi connectivity index (χ1v) is 20.1. The molecule has 0 fully saturated rings. The molecule has 3 atom stereocenters. The zero-order chi connectivity index (χ0) is 35.6. The van der Waals surface area contributed by atoms with Gasteiger partial charge in [0.25, 0.3) is 0 Å². The van der Waals surface area contributed by atoms with E-state index in [2.05, 4.69) is 26.0 Å². The second-order valence-corrected chi connectivity index (χ2v) is 13.7. The lowest BCUT2D eigenvalue weighted by Gasteiger charge is -2.19. The molecule has 0 bridgehead atoms. The van der Waals surface area contributed by atoms with E-state index < -0.39 is 38.6 Å². The number of hydrogen-bond donors (Lipinski definition) is 3. The quantitative estimate of drug-likeness (QED) is 0.0195. The van der Waals surface area contributed by atoms with E-state index in [1.807, 2.05) is 18.2 Å². The molecule has 48 heavy (non-hydrogen) atoms. The van der Waals surface area contributed by atoms with Gasteiger partial charge in [0, 0.05) is 19.4 Å². The summed E-state index contributed by atoms with van der Waals surface area (Å²) in [4.78, 5) is 34.6. The van der Waals surface area contributed by atoms with Crippen molar-refractivity contribution in [2.45, 2.75) is 161 Å². The first kappa shape index (κ1) is 46.2. The number of esters is 2. The number of nitrogens with two attached hydrogens (primary N) is 1. The summed E-state index contributed by atoms with van der Waals surface area (Å²) in [5.74, 6) is -0.907. The van der Waals surface area contributed by atoms with Crippen molar-refractivity contribution >= 4 is 19.8 Å². The molecule has 0 aliphatic heterocycles. The van der Waals surface area contributed by atoms with E-state index in [1.54, 1.807) is 6.08 Å². The van der Waals surface area contributed by atoms with Crippen LogP contribution >= 0.6 is 7.82 Å². The largest absolute Gasteiger partial charge is 0.472 e. The molecule has 4 N–H and O–H groups in total. The van der Waals surface area contributed by atoms with Crippen LogP contribution in [0.2, 0.25) is 0 Å². The van der Waals surface area contributed by atoms with Gasteiger partial charge in [0.05, 0.1) is 19.3 Å². The van der Waals surface area contributed by atoms with Gasteiger partial charge in [-0.15, -0.1) is 0 Å². The summed E-state index contributed by atoms with van der Waals surface area (Å²) in [6.07, 6.45) is 30.5. The van der Waals surface area contributed by atoms with Crippen molar-refractivity contribution in [1.29, 1.82) is 0 Å². The molecule has 0 aromatic heterocycles. The molecule has 0 aliphatic carbocycles. The minimum Gasteiger partial charge on any atom is -0.462 e. The molecule has 0 heterocycles. The maximum atomic E-state index is 12.5. The van der Waals surface area contributed by atoms with Crippen LogP contribution in [0.1, 0.15) is 149 Å². The van der Waals surface area contributed by atoms with Gasteiger partial charge in [0.15, 0.2) is 6.10 Å². The third-order valence-corrected chi connectivity index (χ3v) is 8.63. The highest BCUT2D eigenvalue weighted by molar-refractivity contribution is 7.47. The second-order valence-electron chi connectivity index (χ2n) is 12.3. The maximum absolute atomic E-state index is 12.5.